The normalized spacial score (nSPS) is 13.2. The van der Waals surface area contributed by atoms with Crippen LogP contribution in [0.25, 0.3) is 0 Å². The van der Waals surface area contributed by atoms with Crippen molar-refractivity contribution in [3.8, 4) is 6.07 Å². The zero-order chi connectivity index (χ0) is 15.0. The minimum absolute atomic E-state index is 0.248. The summed E-state index contributed by atoms with van der Waals surface area (Å²) in [5.74, 6) is -1.02. The van der Waals surface area contributed by atoms with Crippen molar-refractivity contribution in [3.05, 3.63) is 58.9 Å². The summed E-state index contributed by atoms with van der Waals surface area (Å²) in [6.45, 7) is 2.13. The second-order valence-corrected chi connectivity index (χ2v) is 4.90. The van der Waals surface area contributed by atoms with Gasteiger partial charge < -0.3 is 4.90 Å². The van der Waals surface area contributed by atoms with Crippen molar-refractivity contribution in [1.29, 1.82) is 5.26 Å². The van der Waals surface area contributed by atoms with Gasteiger partial charge in [-0.1, -0.05) is 11.6 Å². The molecule has 2 heterocycles. The first-order valence-electron chi connectivity index (χ1n) is 6.42. The second-order valence-electron chi connectivity index (χ2n) is 4.90. The Bertz CT molecular complexity index is 805. The molecule has 0 spiro atoms. The van der Waals surface area contributed by atoms with E-state index in [2.05, 4.69) is 4.98 Å². The number of nitrogens with zero attached hydrogens (tertiary/aromatic N) is 3. The molecule has 0 bridgehead atoms. The van der Waals surface area contributed by atoms with Crippen LogP contribution in [-0.2, 0) is 11.3 Å². The Morgan fingerprint density at radius 2 is 2.05 bits per heavy atom. The molecule has 21 heavy (non-hydrogen) atoms. The van der Waals surface area contributed by atoms with E-state index in [0.29, 0.717) is 11.3 Å². The van der Waals surface area contributed by atoms with Crippen LogP contribution in [0.3, 0.4) is 0 Å². The summed E-state index contributed by atoms with van der Waals surface area (Å²) in [7, 11) is 0. The number of aryl methyl sites for hydroxylation is 1. The largest absolute Gasteiger partial charge is 0.300 e. The number of ketones is 1. The zero-order valence-electron chi connectivity index (χ0n) is 11.3. The molecule has 0 fully saturated rings. The molecule has 102 valence electrons. The van der Waals surface area contributed by atoms with Crippen LogP contribution in [0.1, 0.15) is 27.2 Å². The van der Waals surface area contributed by atoms with Gasteiger partial charge in [0.05, 0.1) is 17.8 Å². The summed E-state index contributed by atoms with van der Waals surface area (Å²) < 4.78 is 0. The molecule has 0 N–H and O–H groups in total. The van der Waals surface area contributed by atoms with Crippen LogP contribution in [0, 0.1) is 18.3 Å². The summed E-state index contributed by atoms with van der Waals surface area (Å²) in [5, 5.41) is 8.86. The van der Waals surface area contributed by atoms with Crippen LogP contribution in [0.2, 0.25) is 0 Å². The fraction of sp³-hybridized carbons (Fsp3) is 0.125. The molecule has 0 radical (unpaired) electrons. The van der Waals surface area contributed by atoms with Crippen molar-refractivity contribution in [1.82, 2.24) is 4.98 Å². The second kappa shape index (κ2) is 4.84. The predicted molar refractivity (Wildman–Crippen MR) is 75.7 cm³/mol. The number of pyridine rings is 1. The van der Waals surface area contributed by atoms with E-state index < -0.39 is 11.7 Å². The maximum Gasteiger partial charge on any atom is 0.299 e. The SMILES string of the molecule is Cc1ccc2c(c1)C(=O)C(=O)N2Cc1ccnc(C#N)c1. The summed E-state index contributed by atoms with van der Waals surface area (Å²) >= 11 is 0. The third kappa shape index (κ3) is 2.17. The van der Waals surface area contributed by atoms with Crippen LogP contribution in [0.5, 0.6) is 0 Å². The number of carbonyl (C=O) groups excluding carboxylic acids is 2. The van der Waals surface area contributed by atoms with Crippen LogP contribution in [0.15, 0.2) is 36.5 Å². The first kappa shape index (κ1) is 13.0. The number of rotatable bonds is 2. The smallest absolute Gasteiger partial charge is 0.299 e. The van der Waals surface area contributed by atoms with Crippen molar-refractivity contribution < 1.29 is 9.59 Å². The van der Waals surface area contributed by atoms with E-state index in [0.717, 1.165) is 11.1 Å². The van der Waals surface area contributed by atoms with Crippen LogP contribution in [-0.4, -0.2) is 16.7 Å². The Hall–Kier alpha value is -3.00. The highest BCUT2D eigenvalue weighted by Gasteiger charge is 2.35. The van der Waals surface area contributed by atoms with Gasteiger partial charge in [0, 0.05) is 6.20 Å². The lowest BCUT2D eigenvalue weighted by atomic mass is 10.1. The highest BCUT2D eigenvalue weighted by atomic mass is 16.2. The maximum atomic E-state index is 12.1. The Morgan fingerprint density at radius 1 is 1.24 bits per heavy atom. The molecule has 1 aliphatic heterocycles. The summed E-state index contributed by atoms with van der Waals surface area (Å²) in [5.41, 5.74) is 3.04. The number of carbonyl (C=O) groups is 2. The van der Waals surface area contributed by atoms with Crippen molar-refractivity contribution in [3.63, 3.8) is 0 Å². The van der Waals surface area contributed by atoms with Gasteiger partial charge in [-0.2, -0.15) is 5.26 Å². The number of benzene rings is 1. The molecule has 0 saturated carbocycles. The Kier molecular flexibility index (Phi) is 2.99. The lowest BCUT2D eigenvalue weighted by molar-refractivity contribution is -0.114. The summed E-state index contributed by atoms with van der Waals surface area (Å²) in [6, 6.07) is 10.7. The average Bonchev–Trinajstić information content (AvgIpc) is 2.72. The van der Waals surface area contributed by atoms with Gasteiger partial charge in [0.25, 0.3) is 11.7 Å². The monoisotopic (exact) mass is 277 g/mol. The minimum atomic E-state index is -0.536. The van der Waals surface area contributed by atoms with E-state index in [1.165, 1.54) is 11.1 Å². The molecule has 2 aromatic rings. The van der Waals surface area contributed by atoms with Crippen molar-refractivity contribution >= 4 is 17.4 Å². The van der Waals surface area contributed by atoms with Crippen molar-refractivity contribution in [2.75, 3.05) is 4.90 Å². The fourth-order valence-corrected chi connectivity index (χ4v) is 2.39. The fourth-order valence-electron chi connectivity index (χ4n) is 2.39. The minimum Gasteiger partial charge on any atom is -0.300 e. The van der Waals surface area contributed by atoms with E-state index in [9.17, 15) is 9.59 Å². The quantitative estimate of drug-likeness (QED) is 0.787. The number of hydrogen-bond donors (Lipinski definition) is 0. The number of anilines is 1. The first-order valence-corrected chi connectivity index (χ1v) is 6.42. The molecule has 0 unspecified atom stereocenters. The Balaban J connectivity index is 1.99. The van der Waals surface area contributed by atoms with E-state index in [-0.39, 0.29) is 12.2 Å². The standard InChI is InChI=1S/C16H11N3O2/c1-10-2-3-14-13(6-10)15(20)16(21)19(14)9-11-4-5-18-12(7-11)8-17/h2-7H,9H2,1H3. The number of Topliss-reactive ketones (excluding diaryl/α,β-unsaturated/α-hetero) is 1. The van der Waals surface area contributed by atoms with Crippen LogP contribution < -0.4 is 4.90 Å². The summed E-state index contributed by atoms with van der Waals surface area (Å²) in [6.07, 6.45) is 1.52. The Labute approximate surface area is 121 Å². The first-order chi connectivity index (χ1) is 10.1. The number of fused-ring (bicyclic) bond motifs is 1. The molecule has 5 heteroatoms. The van der Waals surface area contributed by atoms with Gasteiger partial charge in [-0.15, -0.1) is 0 Å². The molecular weight excluding hydrogens is 266 g/mol. The molecule has 0 saturated heterocycles. The maximum absolute atomic E-state index is 12.1. The number of amides is 1. The highest BCUT2D eigenvalue weighted by Crippen LogP contribution is 2.30. The third-order valence-electron chi connectivity index (χ3n) is 3.41. The van der Waals surface area contributed by atoms with Gasteiger partial charge in [-0.3, -0.25) is 9.59 Å². The lowest BCUT2D eigenvalue weighted by Gasteiger charge is -2.16. The number of hydrogen-bond acceptors (Lipinski definition) is 4. The topological polar surface area (TPSA) is 74.1 Å². The summed E-state index contributed by atoms with van der Waals surface area (Å²) in [4.78, 5) is 29.5. The van der Waals surface area contributed by atoms with Gasteiger partial charge >= 0.3 is 0 Å². The molecule has 1 aromatic heterocycles. The molecule has 3 rings (SSSR count). The average molecular weight is 277 g/mol. The molecular formula is C16H11N3O2. The molecule has 1 aromatic carbocycles. The molecule has 0 aliphatic carbocycles. The molecule has 1 amide bonds. The van der Waals surface area contributed by atoms with Crippen molar-refractivity contribution in [2.24, 2.45) is 0 Å². The van der Waals surface area contributed by atoms with E-state index in [1.54, 1.807) is 24.3 Å². The van der Waals surface area contributed by atoms with Crippen molar-refractivity contribution in [2.45, 2.75) is 13.5 Å². The zero-order valence-corrected chi connectivity index (χ0v) is 11.3. The van der Waals surface area contributed by atoms with Gasteiger partial charge in [0.1, 0.15) is 11.8 Å². The van der Waals surface area contributed by atoms with E-state index in [4.69, 9.17) is 5.26 Å². The van der Waals surface area contributed by atoms with Gasteiger partial charge in [-0.25, -0.2) is 4.98 Å². The van der Waals surface area contributed by atoms with E-state index >= 15 is 0 Å². The van der Waals surface area contributed by atoms with E-state index in [1.807, 2.05) is 19.1 Å². The highest BCUT2D eigenvalue weighted by molar-refractivity contribution is 6.52. The molecule has 5 nitrogen and oxygen atoms in total. The van der Waals surface area contributed by atoms with Gasteiger partial charge in [0.15, 0.2) is 0 Å². The number of aromatic nitrogens is 1. The molecule has 1 aliphatic rings. The lowest BCUT2D eigenvalue weighted by Crippen LogP contribution is -2.29. The Morgan fingerprint density at radius 3 is 2.81 bits per heavy atom. The van der Waals surface area contributed by atoms with Gasteiger partial charge in [0.2, 0.25) is 0 Å². The predicted octanol–water partition coefficient (Wildman–Crippen LogP) is 1.99. The number of nitriles is 1. The molecule has 0 atom stereocenters. The van der Waals surface area contributed by atoms with Crippen LogP contribution >= 0.6 is 0 Å². The van der Waals surface area contributed by atoms with Gasteiger partial charge in [-0.05, 0) is 36.8 Å². The third-order valence-corrected chi connectivity index (χ3v) is 3.41. The van der Waals surface area contributed by atoms with Crippen LogP contribution in [0.4, 0.5) is 5.69 Å².